The van der Waals surface area contributed by atoms with Gasteiger partial charge in [-0.05, 0) is 24.1 Å². The fraction of sp³-hybridized carbons (Fsp3) is 0.300. The number of amides is 2. The van der Waals surface area contributed by atoms with Gasteiger partial charge in [-0.15, -0.1) is 0 Å². The molecule has 2 amide bonds. The van der Waals surface area contributed by atoms with Crippen LogP contribution in [0.2, 0.25) is 0 Å². The van der Waals surface area contributed by atoms with Gasteiger partial charge in [0.15, 0.2) is 0 Å². The average Bonchev–Trinajstić information content (AvgIpc) is 2.71. The van der Waals surface area contributed by atoms with Gasteiger partial charge >= 0.3 is 0 Å². The number of nitrogens with one attached hydrogen (secondary N) is 2. The van der Waals surface area contributed by atoms with Gasteiger partial charge < -0.3 is 10.6 Å². The summed E-state index contributed by atoms with van der Waals surface area (Å²) in [7, 11) is -3.86. The fourth-order valence-electron chi connectivity index (χ4n) is 3.14. The lowest BCUT2D eigenvalue weighted by molar-refractivity contribution is -0.131. The summed E-state index contributed by atoms with van der Waals surface area (Å²) in [4.78, 5) is 24.8. The predicted octanol–water partition coefficient (Wildman–Crippen LogP) is 0.925. The molecule has 2 aromatic carbocycles. The summed E-state index contributed by atoms with van der Waals surface area (Å²) in [5.74, 6) is -0.810. The molecule has 1 unspecified atom stereocenters. The van der Waals surface area contributed by atoms with Crippen molar-refractivity contribution < 1.29 is 18.0 Å². The first-order chi connectivity index (χ1) is 13.5. The molecule has 0 aromatic heterocycles. The van der Waals surface area contributed by atoms with Crippen LogP contribution in [0, 0.1) is 0 Å². The molecule has 7 nitrogen and oxygen atoms in total. The molecule has 2 aromatic rings. The van der Waals surface area contributed by atoms with E-state index in [4.69, 9.17) is 0 Å². The zero-order chi connectivity index (χ0) is 20.0. The van der Waals surface area contributed by atoms with Crippen LogP contribution >= 0.6 is 0 Å². The van der Waals surface area contributed by atoms with Gasteiger partial charge in [0.1, 0.15) is 6.04 Å². The maximum atomic E-state index is 12.9. The van der Waals surface area contributed by atoms with E-state index >= 15 is 0 Å². The third kappa shape index (κ3) is 4.76. The summed E-state index contributed by atoms with van der Waals surface area (Å²) < 4.78 is 27.0. The molecular formula is C20H23N3O4S. The number of carbonyl (C=O) groups is 2. The second-order valence-electron chi connectivity index (χ2n) is 6.53. The Hall–Kier alpha value is -2.71. The van der Waals surface area contributed by atoms with E-state index in [0.717, 1.165) is 9.87 Å². The maximum absolute atomic E-state index is 12.9. The van der Waals surface area contributed by atoms with Gasteiger partial charge in [-0.3, -0.25) is 9.59 Å². The van der Waals surface area contributed by atoms with Crippen LogP contribution in [0.25, 0.3) is 0 Å². The first-order valence-electron chi connectivity index (χ1n) is 9.14. The Balaban J connectivity index is 1.65. The Kier molecular flexibility index (Phi) is 6.43. The van der Waals surface area contributed by atoms with Crippen LogP contribution in [0.15, 0.2) is 65.6 Å². The molecule has 2 N–H and O–H groups in total. The molecule has 28 heavy (non-hydrogen) atoms. The van der Waals surface area contributed by atoms with Crippen molar-refractivity contribution in [2.75, 3.05) is 19.6 Å². The van der Waals surface area contributed by atoms with Gasteiger partial charge in [0.25, 0.3) is 0 Å². The van der Waals surface area contributed by atoms with E-state index in [1.54, 1.807) is 18.2 Å². The molecule has 1 aliphatic heterocycles. The Morgan fingerprint density at radius 2 is 1.71 bits per heavy atom. The standard InChI is InChI=1S/C20H23N3O4S/c24-19(21-12-11-16-7-3-1-4-8-16)15-18-20(25)22-13-14-23(18)28(26,27)17-9-5-2-6-10-17/h1-10,18H,11-15H2,(H,21,24)(H,22,25). The topological polar surface area (TPSA) is 95.6 Å². The molecule has 0 spiro atoms. The summed E-state index contributed by atoms with van der Waals surface area (Å²) in [6, 6.07) is 16.6. The van der Waals surface area contributed by atoms with Crippen LogP contribution < -0.4 is 10.6 Å². The lowest BCUT2D eigenvalue weighted by Gasteiger charge is -2.33. The van der Waals surface area contributed by atoms with E-state index in [0.29, 0.717) is 13.0 Å². The van der Waals surface area contributed by atoms with Crippen LogP contribution in [0.3, 0.4) is 0 Å². The SMILES string of the molecule is O=C(CC1C(=O)NCCN1S(=O)(=O)c1ccccc1)NCCc1ccccc1. The van der Waals surface area contributed by atoms with E-state index < -0.39 is 22.0 Å². The predicted molar refractivity (Wildman–Crippen MR) is 105 cm³/mol. The monoisotopic (exact) mass is 401 g/mol. The zero-order valence-corrected chi connectivity index (χ0v) is 16.2. The van der Waals surface area contributed by atoms with Gasteiger partial charge in [-0.2, -0.15) is 4.31 Å². The lowest BCUT2D eigenvalue weighted by Crippen LogP contribution is -2.58. The number of hydrogen-bond acceptors (Lipinski definition) is 4. The molecule has 1 saturated heterocycles. The number of rotatable bonds is 7. The number of nitrogens with zero attached hydrogens (tertiary/aromatic N) is 1. The second kappa shape index (κ2) is 8.99. The highest BCUT2D eigenvalue weighted by molar-refractivity contribution is 7.89. The second-order valence-corrected chi connectivity index (χ2v) is 8.42. The summed E-state index contributed by atoms with van der Waals surface area (Å²) in [6.45, 7) is 0.768. The molecule has 1 heterocycles. The van der Waals surface area contributed by atoms with Gasteiger partial charge in [-0.1, -0.05) is 48.5 Å². The van der Waals surface area contributed by atoms with Crippen molar-refractivity contribution in [1.82, 2.24) is 14.9 Å². The van der Waals surface area contributed by atoms with E-state index in [2.05, 4.69) is 10.6 Å². The molecule has 1 fully saturated rings. The molecule has 3 rings (SSSR count). The Labute approximate surface area is 164 Å². The van der Waals surface area contributed by atoms with Crippen molar-refractivity contribution in [2.45, 2.75) is 23.8 Å². The average molecular weight is 401 g/mol. The third-order valence-corrected chi connectivity index (χ3v) is 6.51. The minimum Gasteiger partial charge on any atom is -0.356 e. The molecule has 1 atom stereocenters. The van der Waals surface area contributed by atoms with Crippen molar-refractivity contribution in [1.29, 1.82) is 0 Å². The lowest BCUT2D eigenvalue weighted by atomic mass is 10.1. The number of hydrogen-bond donors (Lipinski definition) is 2. The molecule has 0 bridgehead atoms. The molecule has 1 aliphatic rings. The molecule has 0 saturated carbocycles. The normalized spacial score (nSPS) is 17.7. The fourth-order valence-corrected chi connectivity index (χ4v) is 4.75. The van der Waals surface area contributed by atoms with Crippen molar-refractivity contribution in [3.05, 3.63) is 66.2 Å². The summed E-state index contributed by atoms with van der Waals surface area (Å²) in [5.41, 5.74) is 1.09. The van der Waals surface area contributed by atoms with Crippen LogP contribution in [-0.4, -0.2) is 50.2 Å². The summed E-state index contributed by atoms with van der Waals surface area (Å²) in [5, 5.41) is 5.42. The first-order valence-corrected chi connectivity index (χ1v) is 10.6. The van der Waals surface area contributed by atoms with Gasteiger partial charge in [0, 0.05) is 19.6 Å². The Morgan fingerprint density at radius 1 is 1.07 bits per heavy atom. The third-order valence-electron chi connectivity index (χ3n) is 4.59. The number of benzene rings is 2. The molecule has 0 aliphatic carbocycles. The van der Waals surface area contributed by atoms with Gasteiger partial charge in [0.05, 0.1) is 11.3 Å². The van der Waals surface area contributed by atoms with Gasteiger partial charge in [-0.25, -0.2) is 8.42 Å². The van der Waals surface area contributed by atoms with E-state index in [9.17, 15) is 18.0 Å². The largest absolute Gasteiger partial charge is 0.356 e. The minimum atomic E-state index is -3.86. The highest BCUT2D eigenvalue weighted by Gasteiger charge is 2.39. The van der Waals surface area contributed by atoms with Crippen LogP contribution in [-0.2, 0) is 26.0 Å². The zero-order valence-electron chi connectivity index (χ0n) is 15.4. The van der Waals surface area contributed by atoms with E-state index in [1.165, 1.54) is 12.1 Å². The van der Waals surface area contributed by atoms with E-state index in [-0.39, 0.29) is 30.3 Å². The maximum Gasteiger partial charge on any atom is 0.243 e. The minimum absolute atomic E-state index is 0.110. The highest BCUT2D eigenvalue weighted by Crippen LogP contribution is 2.21. The molecule has 0 radical (unpaired) electrons. The smallest absolute Gasteiger partial charge is 0.243 e. The molecule has 8 heteroatoms. The van der Waals surface area contributed by atoms with Crippen molar-refractivity contribution in [3.63, 3.8) is 0 Å². The first kappa shape index (κ1) is 20.0. The van der Waals surface area contributed by atoms with Crippen LogP contribution in [0.5, 0.6) is 0 Å². The van der Waals surface area contributed by atoms with Crippen LogP contribution in [0.1, 0.15) is 12.0 Å². The Bertz CT molecular complexity index is 917. The van der Waals surface area contributed by atoms with Crippen LogP contribution in [0.4, 0.5) is 0 Å². The Morgan fingerprint density at radius 3 is 2.39 bits per heavy atom. The summed E-state index contributed by atoms with van der Waals surface area (Å²) in [6.07, 6.45) is 0.447. The molecule has 148 valence electrons. The van der Waals surface area contributed by atoms with Crippen molar-refractivity contribution >= 4 is 21.8 Å². The summed E-state index contributed by atoms with van der Waals surface area (Å²) >= 11 is 0. The molecular weight excluding hydrogens is 378 g/mol. The highest BCUT2D eigenvalue weighted by atomic mass is 32.2. The quantitative estimate of drug-likeness (QED) is 0.721. The van der Waals surface area contributed by atoms with Crippen molar-refractivity contribution in [3.8, 4) is 0 Å². The number of sulfonamides is 1. The van der Waals surface area contributed by atoms with E-state index in [1.807, 2.05) is 30.3 Å². The number of piperazine rings is 1. The van der Waals surface area contributed by atoms with Gasteiger partial charge in [0.2, 0.25) is 21.8 Å². The van der Waals surface area contributed by atoms with Crippen molar-refractivity contribution in [2.24, 2.45) is 0 Å². The number of carbonyl (C=O) groups excluding carboxylic acids is 2.